The monoisotopic (exact) mass is 274 g/mol. The predicted molar refractivity (Wildman–Crippen MR) is 76.3 cm³/mol. The van der Waals surface area contributed by atoms with Gasteiger partial charge in [0, 0.05) is 29.4 Å². The number of nitro benzene ring substituents is 1. The Bertz CT molecular complexity index is 644. The van der Waals surface area contributed by atoms with Gasteiger partial charge >= 0.3 is 0 Å². The van der Waals surface area contributed by atoms with E-state index in [0.717, 1.165) is 5.56 Å². The van der Waals surface area contributed by atoms with E-state index < -0.39 is 4.92 Å². The molecular weight excluding hydrogens is 259 g/mol. The summed E-state index contributed by atoms with van der Waals surface area (Å²) in [7, 11) is 0. The van der Waals surface area contributed by atoms with Crippen molar-refractivity contribution in [3.63, 3.8) is 0 Å². The van der Waals surface area contributed by atoms with Crippen molar-refractivity contribution < 1.29 is 9.31 Å². The normalized spacial score (nSPS) is 11.9. The van der Waals surface area contributed by atoms with E-state index in [0.29, 0.717) is 11.3 Å². The van der Waals surface area contributed by atoms with Crippen molar-refractivity contribution in [3.8, 4) is 0 Å². The minimum absolute atomic E-state index is 0.0483. The molecule has 0 radical (unpaired) electrons. The van der Waals surface area contributed by atoms with Crippen LogP contribution in [-0.4, -0.2) is 4.92 Å². The quantitative estimate of drug-likeness (QED) is 0.671. The van der Waals surface area contributed by atoms with E-state index in [2.05, 4.69) is 5.32 Å². The molecule has 0 spiro atoms. The lowest BCUT2D eigenvalue weighted by Gasteiger charge is -2.17. The number of non-ortho nitro benzene ring substituents is 1. The van der Waals surface area contributed by atoms with Crippen LogP contribution in [0.25, 0.3) is 0 Å². The number of nitro groups is 1. The third-order valence-electron chi connectivity index (χ3n) is 3.22. The molecule has 0 aliphatic heterocycles. The molecule has 0 aliphatic rings. The van der Waals surface area contributed by atoms with E-state index in [1.807, 2.05) is 6.92 Å². The van der Waals surface area contributed by atoms with Crippen molar-refractivity contribution in [1.29, 1.82) is 0 Å². The summed E-state index contributed by atoms with van der Waals surface area (Å²) >= 11 is 0. The molecule has 2 rings (SSSR count). The highest BCUT2D eigenvalue weighted by atomic mass is 19.1. The number of hydrogen-bond acceptors (Lipinski definition) is 3. The minimum Gasteiger partial charge on any atom is -0.378 e. The summed E-state index contributed by atoms with van der Waals surface area (Å²) in [5, 5.41) is 13.9. The molecule has 0 aliphatic carbocycles. The van der Waals surface area contributed by atoms with Gasteiger partial charge in [0.2, 0.25) is 0 Å². The second-order valence-corrected chi connectivity index (χ2v) is 4.63. The smallest absolute Gasteiger partial charge is 0.269 e. The molecule has 2 aromatic carbocycles. The number of benzene rings is 2. The summed E-state index contributed by atoms with van der Waals surface area (Å²) in [4.78, 5) is 10.3. The SMILES string of the molecule is Cc1c(F)cccc1NC(C)c1cccc([N+](=O)[O-])c1. The summed E-state index contributed by atoms with van der Waals surface area (Å²) in [6, 6.07) is 11.1. The molecule has 2 aromatic rings. The van der Waals surface area contributed by atoms with Crippen molar-refractivity contribution in [2.45, 2.75) is 19.9 Å². The Kier molecular flexibility index (Phi) is 3.98. The van der Waals surface area contributed by atoms with Crippen LogP contribution in [0, 0.1) is 22.9 Å². The molecule has 104 valence electrons. The van der Waals surface area contributed by atoms with Gasteiger partial charge in [0.1, 0.15) is 5.82 Å². The maximum atomic E-state index is 13.5. The number of halogens is 1. The molecule has 0 bridgehead atoms. The van der Waals surface area contributed by atoms with Gasteiger partial charge in [0.05, 0.1) is 4.92 Å². The van der Waals surface area contributed by atoms with Gasteiger partial charge in [-0.3, -0.25) is 10.1 Å². The fourth-order valence-corrected chi connectivity index (χ4v) is 1.99. The average Bonchev–Trinajstić information content (AvgIpc) is 2.44. The first-order valence-corrected chi connectivity index (χ1v) is 6.25. The summed E-state index contributed by atoms with van der Waals surface area (Å²) in [5.74, 6) is -0.277. The third-order valence-corrected chi connectivity index (χ3v) is 3.22. The first-order chi connectivity index (χ1) is 9.49. The molecule has 1 atom stereocenters. The molecule has 4 nitrogen and oxygen atoms in total. The molecule has 0 heterocycles. The highest BCUT2D eigenvalue weighted by Gasteiger charge is 2.12. The van der Waals surface area contributed by atoms with Crippen LogP contribution in [0.3, 0.4) is 0 Å². The highest BCUT2D eigenvalue weighted by molar-refractivity contribution is 5.53. The standard InChI is InChI=1S/C15H15FN2O2/c1-10-14(16)7-4-8-15(10)17-11(2)12-5-3-6-13(9-12)18(19)20/h3-9,11,17H,1-2H3. The number of nitrogens with one attached hydrogen (secondary N) is 1. The fourth-order valence-electron chi connectivity index (χ4n) is 1.99. The van der Waals surface area contributed by atoms with Crippen LogP contribution in [0.2, 0.25) is 0 Å². The van der Waals surface area contributed by atoms with E-state index in [1.54, 1.807) is 31.2 Å². The predicted octanol–water partition coefficient (Wildman–Crippen LogP) is 4.22. The zero-order chi connectivity index (χ0) is 14.7. The lowest BCUT2D eigenvalue weighted by atomic mass is 10.1. The number of anilines is 1. The Hall–Kier alpha value is -2.43. The Morgan fingerprint density at radius 2 is 1.95 bits per heavy atom. The number of nitrogens with zero attached hydrogens (tertiary/aromatic N) is 1. The van der Waals surface area contributed by atoms with Crippen molar-refractivity contribution in [3.05, 3.63) is 69.5 Å². The lowest BCUT2D eigenvalue weighted by molar-refractivity contribution is -0.384. The first kappa shape index (κ1) is 14.0. The van der Waals surface area contributed by atoms with Crippen LogP contribution in [0.4, 0.5) is 15.8 Å². The van der Waals surface area contributed by atoms with E-state index >= 15 is 0 Å². The Balaban J connectivity index is 2.24. The van der Waals surface area contributed by atoms with Gasteiger partial charge in [-0.05, 0) is 31.5 Å². The van der Waals surface area contributed by atoms with E-state index in [1.165, 1.54) is 18.2 Å². The average molecular weight is 274 g/mol. The van der Waals surface area contributed by atoms with Gasteiger partial charge in [-0.25, -0.2) is 4.39 Å². The molecule has 1 N–H and O–H groups in total. The molecule has 0 saturated carbocycles. The second-order valence-electron chi connectivity index (χ2n) is 4.63. The highest BCUT2D eigenvalue weighted by Crippen LogP contribution is 2.25. The fraction of sp³-hybridized carbons (Fsp3) is 0.200. The number of rotatable bonds is 4. The van der Waals surface area contributed by atoms with Gasteiger partial charge in [0.15, 0.2) is 0 Å². The van der Waals surface area contributed by atoms with Gasteiger partial charge in [-0.15, -0.1) is 0 Å². The molecule has 5 heteroatoms. The molecule has 0 amide bonds. The van der Waals surface area contributed by atoms with Crippen LogP contribution in [0.1, 0.15) is 24.1 Å². The van der Waals surface area contributed by atoms with Crippen molar-refractivity contribution >= 4 is 11.4 Å². The molecule has 20 heavy (non-hydrogen) atoms. The lowest BCUT2D eigenvalue weighted by Crippen LogP contribution is -2.08. The zero-order valence-electron chi connectivity index (χ0n) is 11.3. The zero-order valence-corrected chi connectivity index (χ0v) is 11.3. The Morgan fingerprint density at radius 3 is 2.65 bits per heavy atom. The van der Waals surface area contributed by atoms with Crippen LogP contribution in [0.15, 0.2) is 42.5 Å². The molecule has 1 unspecified atom stereocenters. The second kappa shape index (κ2) is 5.69. The summed E-state index contributed by atoms with van der Waals surface area (Å²) in [6.07, 6.45) is 0. The van der Waals surface area contributed by atoms with Crippen LogP contribution < -0.4 is 5.32 Å². The Labute approximate surface area is 116 Å². The Morgan fingerprint density at radius 1 is 1.25 bits per heavy atom. The summed E-state index contributed by atoms with van der Waals surface area (Å²) < 4.78 is 13.5. The van der Waals surface area contributed by atoms with Gasteiger partial charge in [-0.2, -0.15) is 0 Å². The van der Waals surface area contributed by atoms with Gasteiger partial charge < -0.3 is 5.32 Å². The minimum atomic E-state index is -0.427. The summed E-state index contributed by atoms with van der Waals surface area (Å²) in [6.45, 7) is 3.57. The van der Waals surface area contributed by atoms with Gasteiger partial charge in [-0.1, -0.05) is 18.2 Å². The van der Waals surface area contributed by atoms with Crippen LogP contribution >= 0.6 is 0 Å². The van der Waals surface area contributed by atoms with Gasteiger partial charge in [0.25, 0.3) is 5.69 Å². The van der Waals surface area contributed by atoms with Crippen molar-refractivity contribution in [2.24, 2.45) is 0 Å². The van der Waals surface area contributed by atoms with E-state index in [-0.39, 0.29) is 17.5 Å². The van der Waals surface area contributed by atoms with E-state index in [9.17, 15) is 14.5 Å². The maximum Gasteiger partial charge on any atom is 0.269 e. The van der Waals surface area contributed by atoms with E-state index in [4.69, 9.17) is 0 Å². The molecule has 0 fully saturated rings. The van der Waals surface area contributed by atoms with Crippen LogP contribution in [0.5, 0.6) is 0 Å². The van der Waals surface area contributed by atoms with Crippen LogP contribution in [-0.2, 0) is 0 Å². The maximum absolute atomic E-state index is 13.5. The topological polar surface area (TPSA) is 55.2 Å². The molecule has 0 aromatic heterocycles. The van der Waals surface area contributed by atoms with Crippen molar-refractivity contribution in [1.82, 2.24) is 0 Å². The first-order valence-electron chi connectivity index (χ1n) is 6.25. The molecular formula is C15H15FN2O2. The van der Waals surface area contributed by atoms with Crippen molar-refractivity contribution in [2.75, 3.05) is 5.32 Å². The largest absolute Gasteiger partial charge is 0.378 e. The third kappa shape index (κ3) is 2.93. The number of hydrogen-bond donors (Lipinski definition) is 1. The molecule has 0 saturated heterocycles. The summed E-state index contributed by atoms with van der Waals surface area (Å²) in [5.41, 5.74) is 2.05.